The van der Waals surface area contributed by atoms with Gasteiger partial charge in [0.05, 0.1) is 17.2 Å². The first kappa shape index (κ1) is 33.2. The van der Waals surface area contributed by atoms with Crippen LogP contribution in [0.2, 0.25) is 0 Å². The zero-order chi connectivity index (χ0) is 32.4. The van der Waals surface area contributed by atoms with Gasteiger partial charge in [-0.1, -0.05) is 60.2 Å². The maximum Gasteiger partial charge on any atom is 0.264 e. The van der Waals surface area contributed by atoms with E-state index in [1.807, 2.05) is 44.2 Å². The first-order valence-corrected chi connectivity index (χ1v) is 16.2. The summed E-state index contributed by atoms with van der Waals surface area (Å²) < 4.78 is 48.6. The quantitative estimate of drug-likeness (QED) is 0.198. The van der Waals surface area contributed by atoms with E-state index in [4.69, 9.17) is 4.74 Å². The number of carbonyl (C=O) groups excluding carboxylic acids is 2. The van der Waals surface area contributed by atoms with Crippen molar-refractivity contribution in [3.05, 3.63) is 126 Å². The van der Waals surface area contributed by atoms with Crippen molar-refractivity contribution in [2.75, 3.05) is 24.0 Å². The third-order valence-corrected chi connectivity index (χ3v) is 9.00. The number of likely N-dealkylation sites (N-methyl/N-ethyl adjacent to an activating group) is 1. The summed E-state index contributed by atoms with van der Waals surface area (Å²) in [6.45, 7) is 5.64. The van der Waals surface area contributed by atoms with Gasteiger partial charge in [-0.05, 0) is 80.4 Å². The molecular weight excluding hydrogens is 593 g/mol. The maximum absolute atomic E-state index is 14.4. The van der Waals surface area contributed by atoms with Crippen LogP contribution in [0.15, 0.2) is 108 Å². The molecule has 4 aromatic rings. The van der Waals surface area contributed by atoms with Gasteiger partial charge >= 0.3 is 0 Å². The fourth-order valence-corrected chi connectivity index (χ4v) is 6.29. The molecule has 45 heavy (non-hydrogen) atoms. The van der Waals surface area contributed by atoms with E-state index < -0.39 is 34.3 Å². The number of anilines is 1. The summed E-state index contributed by atoms with van der Waals surface area (Å²) in [5, 5.41) is 2.82. The summed E-state index contributed by atoms with van der Waals surface area (Å²) >= 11 is 0. The number of carbonyl (C=O) groups is 2. The van der Waals surface area contributed by atoms with Crippen LogP contribution in [-0.2, 0) is 32.6 Å². The fraction of sp³-hybridized carbons (Fsp3) is 0.257. The van der Waals surface area contributed by atoms with Gasteiger partial charge in [0.15, 0.2) is 0 Å². The molecule has 0 aliphatic carbocycles. The Morgan fingerprint density at radius 3 is 2.09 bits per heavy atom. The van der Waals surface area contributed by atoms with E-state index in [1.165, 1.54) is 29.2 Å². The van der Waals surface area contributed by atoms with E-state index in [2.05, 4.69) is 5.32 Å². The summed E-state index contributed by atoms with van der Waals surface area (Å²) in [7, 11) is -4.24. The van der Waals surface area contributed by atoms with E-state index in [9.17, 15) is 22.4 Å². The molecule has 4 rings (SSSR count). The summed E-state index contributed by atoms with van der Waals surface area (Å²) in [5.74, 6) is -0.895. The summed E-state index contributed by atoms with van der Waals surface area (Å²) in [6, 6.07) is 26.8. The number of nitrogens with zero attached hydrogens (tertiary/aromatic N) is 2. The number of hydrogen-bond acceptors (Lipinski definition) is 5. The lowest BCUT2D eigenvalue weighted by molar-refractivity contribution is -0.140. The van der Waals surface area contributed by atoms with Gasteiger partial charge in [0, 0.05) is 19.5 Å². The van der Waals surface area contributed by atoms with E-state index >= 15 is 0 Å². The number of hydrogen-bond donors (Lipinski definition) is 1. The first-order valence-electron chi connectivity index (χ1n) is 14.8. The molecule has 0 aromatic heterocycles. The predicted octanol–water partition coefficient (Wildman–Crippen LogP) is 5.50. The molecule has 236 valence electrons. The summed E-state index contributed by atoms with van der Waals surface area (Å²) in [4.78, 5) is 29.3. The lowest BCUT2D eigenvalue weighted by Gasteiger charge is -2.34. The Morgan fingerprint density at radius 2 is 1.49 bits per heavy atom. The Labute approximate surface area is 264 Å². The van der Waals surface area contributed by atoms with Gasteiger partial charge in [0.25, 0.3) is 10.0 Å². The molecular formula is C35H38FN3O5S. The molecule has 0 radical (unpaired) electrons. The van der Waals surface area contributed by atoms with Crippen LogP contribution in [0.1, 0.15) is 30.5 Å². The third kappa shape index (κ3) is 8.69. The smallest absolute Gasteiger partial charge is 0.264 e. The minimum Gasteiger partial charge on any atom is -0.494 e. The first-order chi connectivity index (χ1) is 21.6. The van der Waals surface area contributed by atoms with Gasteiger partial charge in [-0.2, -0.15) is 0 Å². The zero-order valence-electron chi connectivity index (χ0n) is 25.6. The molecule has 4 aromatic carbocycles. The number of benzene rings is 4. The minimum absolute atomic E-state index is 0.0195. The molecule has 1 atom stereocenters. The highest BCUT2D eigenvalue weighted by atomic mass is 32.2. The molecule has 0 aliphatic rings. The molecule has 0 heterocycles. The standard InChI is InChI=1S/C35H38FN3O5S/c1-4-37-35(41)33(23-27-9-7-6-8-10-27)38(24-28-13-15-29(36)16-14-28)34(40)25-39(30-17-11-26(3)12-18-30)45(42,43)32-21-19-31(20-22-32)44-5-2/h6-22,33H,4-5,23-25H2,1-3H3,(H,37,41)/t33-/m1/s1. The van der Waals surface area contributed by atoms with Crippen molar-refractivity contribution >= 4 is 27.5 Å². The van der Waals surface area contributed by atoms with Gasteiger partial charge in [0.1, 0.15) is 24.2 Å². The highest BCUT2D eigenvalue weighted by Gasteiger charge is 2.34. The van der Waals surface area contributed by atoms with Gasteiger partial charge in [-0.25, -0.2) is 12.8 Å². The van der Waals surface area contributed by atoms with Crippen LogP contribution in [0.25, 0.3) is 0 Å². The molecule has 0 aliphatic heterocycles. The SMILES string of the molecule is CCNC(=O)[C@@H](Cc1ccccc1)N(Cc1ccc(F)cc1)C(=O)CN(c1ccc(C)cc1)S(=O)(=O)c1ccc(OCC)cc1. The molecule has 2 amide bonds. The van der Waals surface area contributed by atoms with Crippen LogP contribution < -0.4 is 14.4 Å². The number of aryl methyl sites for hydroxylation is 1. The number of ether oxygens (including phenoxy) is 1. The van der Waals surface area contributed by atoms with Crippen LogP contribution in [-0.4, -0.2) is 50.9 Å². The molecule has 0 unspecified atom stereocenters. The van der Waals surface area contributed by atoms with Crippen LogP contribution in [0.5, 0.6) is 5.75 Å². The van der Waals surface area contributed by atoms with Gasteiger partial charge in [-0.15, -0.1) is 0 Å². The number of rotatable bonds is 14. The van der Waals surface area contributed by atoms with Crippen LogP contribution in [0.3, 0.4) is 0 Å². The molecule has 0 saturated carbocycles. The van der Waals surface area contributed by atoms with Crippen molar-refractivity contribution < 1.29 is 27.1 Å². The van der Waals surface area contributed by atoms with Gasteiger partial charge in [-0.3, -0.25) is 13.9 Å². The lowest BCUT2D eigenvalue weighted by atomic mass is 10.0. The molecule has 0 fully saturated rings. The Morgan fingerprint density at radius 1 is 0.844 bits per heavy atom. The normalized spacial score (nSPS) is 11.8. The molecule has 1 N–H and O–H groups in total. The van der Waals surface area contributed by atoms with Crippen molar-refractivity contribution in [2.45, 2.75) is 44.7 Å². The second-order valence-electron chi connectivity index (χ2n) is 10.5. The molecule has 0 saturated heterocycles. The van der Waals surface area contributed by atoms with E-state index in [1.54, 1.807) is 55.5 Å². The van der Waals surface area contributed by atoms with Crippen molar-refractivity contribution in [2.24, 2.45) is 0 Å². The molecule has 10 heteroatoms. The van der Waals surface area contributed by atoms with Crippen molar-refractivity contribution in [3.63, 3.8) is 0 Å². The Kier molecular flexibility index (Phi) is 11.3. The van der Waals surface area contributed by atoms with Crippen molar-refractivity contribution in [3.8, 4) is 5.75 Å². The van der Waals surface area contributed by atoms with Crippen LogP contribution in [0.4, 0.5) is 10.1 Å². The number of halogens is 1. The van der Waals surface area contributed by atoms with E-state index in [0.29, 0.717) is 30.2 Å². The zero-order valence-corrected chi connectivity index (χ0v) is 26.5. The Hall–Kier alpha value is -4.70. The average Bonchev–Trinajstić information content (AvgIpc) is 3.04. The number of sulfonamides is 1. The molecule has 8 nitrogen and oxygen atoms in total. The van der Waals surface area contributed by atoms with Crippen LogP contribution >= 0.6 is 0 Å². The van der Waals surface area contributed by atoms with E-state index in [0.717, 1.165) is 15.4 Å². The minimum atomic E-state index is -4.24. The van der Waals surface area contributed by atoms with Crippen molar-refractivity contribution in [1.82, 2.24) is 10.2 Å². The van der Waals surface area contributed by atoms with Gasteiger partial charge < -0.3 is 15.0 Å². The molecule has 0 bridgehead atoms. The van der Waals surface area contributed by atoms with E-state index in [-0.39, 0.29) is 23.8 Å². The number of nitrogens with one attached hydrogen (secondary N) is 1. The predicted molar refractivity (Wildman–Crippen MR) is 173 cm³/mol. The monoisotopic (exact) mass is 631 g/mol. The average molecular weight is 632 g/mol. The highest BCUT2D eigenvalue weighted by molar-refractivity contribution is 7.92. The largest absolute Gasteiger partial charge is 0.494 e. The van der Waals surface area contributed by atoms with Crippen molar-refractivity contribution in [1.29, 1.82) is 0 Å². The maximum atomic E-state index is 14.4. The lowest BCUT2D eigenvalue weighted by Crippen LogP contribution is -2.53. The topological polar surface area (TPSA) is 96.0 Å². The second-order valence-corrected chi connectivity index (χ2v) is 12.4. The second kappa shape index (κ2) is 15.3. The Balaban J connectivity index is 1.77. The third-order valence-electron chi connectivity index (χ3n) is 7.21. The summed E-state index contributed by atoms with van der Waals surface area (Å²) in [5.41, 5.74) is 2.62. The van der Waals surface area contributed by atoms with Crippen LogP contribution in [0, 0.1) is 12.7 Å². The molecule has 0 spiro atoms. The van der Waals surface area contributed by atoms with Gasteiger partial charge in [0.2, 0.25) is 11.8 Å². The fourth-order valence-electron chi connectivity index (χ4n) is 4.87. The number of amides is 2. The highest BCUT2D eigenvalue weighted by Crippen LogP contribution is 2.27. The summed E-state index contributed by atoms with van der Waals surface area (Å²) in [6.07, 6.45) is 0.190. The Bertz CT molecular complexity index is 1660.